The highest BCUT2D eigenvalue weighted by atomic mass is 16.1. The van der Waals surface area contributed by atoms with Crippen LogP contribution in [0.25, 0.3) is 0 Å². The molecule has 0 radical (unpaired) electrons. The first-order chi connectivity index (χ1) is 5.77. The van der Waals surface area contributed by atoms with Crippen LogP contribution in [0, 0.1) is 0 Å². The Morgan fingerprint density at radius 3 is 3.17 bits per heavy atom. The summed E-state index contributed by atoms with van der Waals surface area (Å²) in [6.45, 7) is 0.655. The standard InChI is InChI=1S/C8H9N3O/c9-7-2-1-5-6(12)3-4-10-8(5)11-7/h1-2H,3-4H2,(H3,9,10,11). The first kappa shape index (κ1) is 7.09. The fraction of sp³-hybridized carbons (Fsp3) is 0.250. The number of anilines is 2. The number of ketones is 1. The lowest BCUT2D eigenvalue weighted by atomic mass is 10.1. The van der Waals surface area contributed by atoms with Gasteiger partial charge in [0.1, 0.15) is 11.6 Å². The van der Waals surface area contributed by atoms with Gasteiger partial charge in [-0.1, -0.05) is 0 Å². The number of hydrogen-bond acceptors (Lipinski definition) is 4. The minimum absolute atomic E-state index is 0.135. The molecule has 0 unspecified atom stereocenters. The molecule has 0 spiro atoms. The number of hydrogen-bond donors (Lipinski definition) is 2. The Hall–Kier alpha value is -1.58. The Balaban J connectivity index is 2.53. The van der Waals surface area contributed by atoms with Crippen LogP contribution in [-0.2, 0) is 0 Å². The molecule has 1 aliphatic heterocycles. The van der Waals surface area contributed by atoms with E-state index in [4.69, 9.17) is 5.73 Å². The molecule has 3 N–H and O–H groups in total. The SMILES string of the molecule is Nc1ccc2c(n1)NCCC2=O. The van der Waals surface area contributed by atoms with E-state index >= 15 is 0 Å². The van der Waals surface area contributed by atoms with E-state index in [2.05, 4.69) is 10.3 Å². The third kappa shape index (κ3) is 1.01. The van der Waals surface area contributed by atoms with E-state index in [0.29, 0.717) is 30.2 Å². The Kier molecular flexibility index (Phi) is 1.46. The molecule has 0 saturated carbocycles. The summed E-state index contributed by atoms with van der Waals surface area (Å²) in [5.74, 6) is 1.19. The molecule has 4 heteroatoms. The van der Waals surface area contributed by atoms with Crippen molar-refractivity contribution in [3.05, 3.63) is 17.7 Å². The maximum atomic E-state index is 11.3. The zero-order valence-electron chi connectivity index (χ0n) is 6.50. The van der Waals surface area contributed by atoms with E-state index in [1.54, 1.807) is 12.1 Å². The van der Waals surface area contributed by atoms with Gasteiger partial charge in [-0.15, -0.1) is 0 Å². The van der Waals surface area contributed by atoms with Crippen LogP contribution in [0.5, 0.6) is 0 Å². The summed E-state index contributed by atoms with van der Waals surface area (Å²) in [6.07, 6.45) is 0.540. The van der Waals surface area contributed by atoms with Gasteiger partial charge < -0.3 is 11.1 Å². The number of rotatable bonds is 0. The minimum atomic E-state index is 0.135. The molecule has 12 heavy (non-hydrogen) atoms. The van der Waals surface area contributed by atoms with Gasteiger partial charge in [0.2, 0.25) is 0 Å². The fourth-order valence-electron chi connectivity index (χ4n) is 1.26. The Morgan fingerprint density at radius 2 is 2.33 bits per heavy atom. The molecule has 0 bridgehead atoms. The maximum Gasteiger partial charge on any atom is 0.168 e. The zero-order chi connectivity index (χ0) is 8.55. The van der Waals surface area contributed by atoms with Gasteiger partial charge in [0, 0.05) is 13.0 Å². The molecule has 0 saturated heterocycles. The van der Waals surface area contributed by atoms with Gasteiger partial charge in [-0.3, -0.25) is 4.79 Å². The van der Waals surface area contributed by atoms with Crippen LogP contribution < -0.4 is 11.1 Å². The molecule has 62 valence electrons. The lowest BCUT2D eigenvalue weighted by Gasteiger charge is -2.15. The van der Waals surface area contributed by atoms with Gasteiger partial charge in [0.15, 0.2) is 5.78 Å². The van der Waals surface area contributed by atoms with Crippen LogP contribution >= 0.6 is 0 Å². The number of Topliss-reactive ketones (excluding diaryl/α,β-unsaturated/α-hetero) is 1. The van der Waals surface area contributed by atoms with Crippen LogP contribution in [0.15, 0.2) is 12.1 Å². The quantitative estimate of drug-likeness (QED) is 0.589. The molecule has 0 amide bonds. The van der Waals surface area contributed by atoms with Crippen LogP contribution in [-0.4, -0.2) is 17.3 Å². The van der Waals surface area contributed by atoms with Crippen molar-refractivity contribution < 1.29 is 4.79 Å². The number of nitrogens with zero attached hydrogens (tertiary/aromatic N) is 1. The minimum Gasteiger partial charge on any atom is -0.384 e. The number of carbonyl (C=O) groups excluding carboxylic acids is 1. The highest BCUT2D eigenvalue weighted by Crippen LogP contribution is 2.19. The normalized spacial score (nSPS) is 15.2. The lowest BCUT2D eigenvalue weighted by molar-refractivity contribution is 0.0983. The number of nitrogen functional groups attached to an aromatic ring is 1. The van der Waals surface area contributed by atoms with E-state index in [9.17, 15) is 4.79 Å². The second-order valence-corrected chi connectivity index (χ2v) is 2.73. The predicted molar refractivity (Wildman–Crippen MR) is 46.1 cm³/mol. The van der Waals surface area contributed by atoms with Gasteiger partial charge in [-0.2, -0.15) is 0 Å². The molecular formula is C8H9N3O. The molecular weight excluding hydrogens is 154 g/mol. The average molecular weight is 163 g/mol. The van der Waals surface area contributed by atoms with Crippen LogP contribution in [0.3, 0.4) is 0 Å². The van der Waals surface area contributed by atoms with Gasteiger partial charge in [0.05, 0.1) is 5.56 Å². The van der Waals surface area contributed by atoms with Gasteiger partial charge in [-0.25, -0.2) is 4.98 Å². The largest absolute Gasteiger partial charge is 0.384 e. The van der Waals surface area contributed by atoms with E-state index < -0.39 is 0 Å². The molecule has 2 rings (SSSR count). The average Bonchev–Trinajstić information content (AvgIpc) is 2.04. The second kappa shape index (κ2) is 2.48. The highest BCUT2D eigenvalue weighted by Gasteiger charge is 2.17. The maximum absolute atomic E-state index is 11.3. The summed E-state index contributed by atoms with van der Waals surface area (Å²) in [5.41, 5.74) is 6.11. The van der Waals surface area contributed by atoms with Crippen molar-refractivity contribution in [3.63, 3.8) is 0 Å². The third-order valence-electron chi connectivity index (χ3n) is 1.86. The van der Waals surface area contributed by atoms with E-state index in [-0.39, 0.29) is 5.78 Å². The van der Waals surface area contributed by atoms with Crippen molar-refractivity contribution in [2.24, 2.45) is 0 Å². The van der Waals surface area contributed by atoms with Crippen LogP contribution in [0.2, 0.25) is 0 Å². The van der Waals surface area contributed by atoms with Gasteiger partial charge in [-0.05, 0) is 12.1 Å². The zero-order valence-corrected chi connectivity index (χ0v) is 6.50. The number of nitrogens with two attached hydrogens (primary N) is 1. The summed E-state index contributed by atoms with van der Waals surface area (Å²) in [5, 5.41) is 3.02. The summed E-state index contributed by atoms with van der Waals surface area (Å²) < 4.78 is 0. The molecule has 0 aromatic carbocycles. The molecule has 1 aliphatic rings. The first-order valence-corrected chi connectivity index (χ1v) is 3.81. The molecule has 1 aromatic heterocycles. The molecule has 0 atom stereocenters. The van der Waals surface area contributed by atoms with Gasteiger partial charge >= 0.3 is 0 Å². The first-order valence-electron chi connectivity index (χ1n) is 3.81. The van der Waals surface area contributed by atoms with E-state index in [0.717, 1.165) is 0 Å². The van der Waals surface area contributed by atoms with Crippen LogP contribution in [0.1, 0.15) is 16.8 Å². The number of aromatic nitrogens is 1. The summed E-state index contributed by atoms with van der Waals surface area (Å²) in [7, 11) is 0. The van der Waals surface area contributed by atoms with E-state index in [1.807, 2.05) is 0 Å². The number of pyridine rings is 1. The monoisotopic (exact) mass is 163 g/mol. The van der Waals surface area contributed by atoms with Gasteiger partial charge in [0.25, 0.3) is 0 Å². The number of fused-ring (bicyclic) bond motifs is 1. The summed E-state index contributed by atoms with van der Waals surface area (Å²) >= 11 is 0. The lowest BCUT2D eigenvalue weighted by Crippen LogP contribution is -2.19. The molecule has 1 aromatic rings. The van der Waals surface area contributed by atoms with Crippen molar-refractivity contribution in [1.29, 1.82) is 0 Å². The highest BCUT2D eigenvalue weighted by molar-refractivity contribution is 6.02. The topological polar surface area (TPSA) is 68.0 Å². The van der Waals surface area contributed by atoms with Crippen molar-refractivity contribution >= 4 is 17.4 Å². The second-order valence-electron chi connectivity index (χ2n) is 2.73. The Labute approximate surface area is 69.8 Å². The van der Waals surface area contributed by atoms with Crippen molar-refractivity contribution in [2.75, 3.05) is 17.6 Å². The summed E-state index contributed by atoms with van der Waals surface area (Å²) in [4.78, 5) is 15.3. The Morgan fingerprint density at radius 1 is 1.50 bits per heavy atom. The van der Waals surface area contributed by atoms with Crippen LogP contribution in [0.4, 0.5) is 11.6 Å². The van der Waals surface area contributed by atoms with Crippen molar-refractivity contribution in [3.8, 4) is 0 Å². The molecule has 0 aliphatic carbocycles. The third-order valence-corrected chi connectivity index (χ3v) is 1.86. The molecule has 2 heterocycles. The Bertz CT molecular complexity index is 335. The fourth-order valence-corrected chi connectivity index (χ4v) is 1.26. The molecule has 4 nitrogen and oxygen atoms in total. The smallest absolute Gasteiger partial charge is 0.168 e. The van der Waals surface area contributed by atoms with Crippen molar-refractivity contribution in [2.45, 2.75) is 6.42 Å². The number of carbonyl (C=O) groups is 1. The van der Waals surface area contributed by atoms with Crippen molar-refractivity contribution in [1.82, 2.24) is 4.98 Å². The van der Waals surface area contributed by atoms with E-state index in [1.165, 1.54) is 0 Å². The summed E-state index contributed by atoms with van der Waals surface area (Å²) in [6, 6.07) is 3.36. The predicted octanol–water partition coefficient (Wildman–Crippen LogP) is 0.662. The molecule has 0 fully saturated rings. The number of nitrogens with one attached hydrogen (secondary N) is 1.